The zero-order valence-electron chi connectivity index (χ0n) is 11.5. The van der Waals surface area contributed by atoms with Crippen molar-refractivity contribution in [1.29, 1.82) is 0 Å². The summed E-state index contributed by atoms with van der Waals surface area (Å²) in [6, 6.07) is 8.15. The van der Waals surface area contributed by atoms with Crippen LogP contribution in [0.2, 0.25) is 10.0 Å². The minimum absolute atomic E-state index is 0.282. The number of halogens is 2. The molecule has 2 heterocycles. The van der Waals surface area contributed by atoms with Crippen LogP contribution in [0, 0.1) is 0 Å². The lowest BCUT2D eigenvalue weighted by Crippen LogP contribution is -2.27. The monoisotopic (exact) mass is 365 g/mol. The van der Waals surface area contributed by atoms with Crippen LogP contribution in [0.5, 0.6) is 0 Å². The molecule has 0 atom stereocenters. The van der Waals surface area contributed by atoms with Crippen LogP contribution in [0.3, 0.4) is 0 Å². The van der Waals surface area contributed by atoms with E-state index in [1.54, 1.807) is 48.8 Å². The van der Waals surface area contributed by atoms with Gasteiger partial charge in [0.05, 0.1) is 26.9 Å². The molecule has 23 heavy (non-hydrogen) atoms. The van der Waals surface area contributed by atoms with Crippen molar-refractivity contribution in [3.05, 3.63) is 69.5 Å². The van der Waals surface area contributed by atoms with E-state index in [9.17, 15) is 9.59 Å². The molecule has 2 aromatic rings. The Hall–Kier alpha value is -1.95. The number of carbonyl (C=O) groups is 2. The number of nitrogens with zero attached hydrogens (tertiary/aromatic N) is 1. The number of benzene rings is 1. The van der Waals surface area contributed by atoms with Crippen LogP contribution in [-0.2, 0) is 4.79 Å². The number of rotatable bonds is 3. The van der Waals surface area contributed by atoms with E-state index in [4.69, 9.17) is 27.6 Å². The average molecular weight is 366 g/mol. The second-order valence-corrected chi connectivity index (χ2v) is 6.32. The lowest BCUT2D eigenvalue weighted by atomic mass is 10.3. The van der Waals surface area contributed by atoms with Crippen LogP contribution in [0.4, 0.5) is 10.5 Å². The SMILES string of the molecule is O=C1SC(=CC=Cc2ccco2)C(=O)N1c1ccc(Cl)c(Cl)c1. The van der Waals surface area contributed by atoms with E-state index >= 15 is 0 Å². The van der Waals surface area contributed by atoms with Crippen LogP contribution in [-0.4, -0.2) is 11.1 Å². The van der Waals surface area contributed by atoms with E-state index in [-0.39, 0.29) is 10.3 Å². The van der Waals surface area contributed by atoms with Crippen molar-refractivity contribution in [2.45, 2.75) is 0 Å². The van der Waals surface area contributed by atoms with E-state index in [0.29, 0.717) is 21.4 Å². The molecule has 0 saturated carbocycles. The number of hydrogen-bond donors (Lipinski definition) is 0. The van der Waals surface area contributed by atoms with Crippen LogP contribution >= 0.6 is 35.0 Å². The largest absolute Gasteiger partial charge is 0.465 e. The summed E-state index contributed by atoms with van der Waals surface area (Å²) in [5.41, 5.74) is 0.389. The molecule has 0 spiro atoms. The lowest BCUT2D eigenvalue weighted by molar-refractivity contribution is -0.113. The Kier molecular flexibility index (Phi) is 4.61. The molecular formula is C16H9Cl2NO3S. The standard InChI is InChI=1S/C16H9Cl2NO3S/c17-12-7-6-10(9-13(12)18)19-15(20)14(23-16(19)21)5-1-3-11-4-2-8-22-11/h1-9H. The molecule has 0 aliphatic carbocycles. The number of amides is 2. The van der Waals surface area contributed by atoms with E-state index < -0.39 is 5.91 Å². The van der Waals surface area contributed by atoms with Crippen LogP contribution < -0.4 is 4.90 Å². The minimum atomic E-state index is -0.400. The molecule has 7 heteroatoms. The third kappa shape index (κ3) is 3.37. The van der Waals surface area contributed by atoms with Gasteiger partial charge in [0, 0.05) is 0 Å². The Balaban J connectivity index is 1.83. The molecule has 0 N–H and O–H groups in total. The van der Waals surface area contributed by atoms with Gasteiger partial charge in [-0.3, -0.25) is 9.59 Å². The van der Waals surface area contributed by atoms with Crippen molar-refractivity contribution < 1.29 is 14.0 Å². The quantitative estimate of drug-likeness (QED) is 0.684. The first-order valence-corrected chi connectivity index (χ1v) is 8.06. The van der Waals surface area contributed by atoms with Crippen molar-refractivity contribution in [3.63, 3.8) is 0 Å². The topological polar surface area (TPSA) is 50.5 Å². The highest BCUT2D eigenvalue weighted by Gasteiger charge is 2.36. The number of anilines is 1. The molecule has 4 nitrogen and oxygen atoms in total. The van der Waals surface area contributed by atoms with Gasteiger partial charge in [-0.25, -0.2) is 4.90 Å². The van der Waals surface area contributed by atoms with Crippen molar-refractivity contribution in [2.24, 2.45) is 0 Å². The molecule has 0 radical (unpaired) electrons. The molecule has 3 rings (SSSR count). The smallest absolute Gasteiger partial charge is 0.298 e. The van der Waals surface area contributed by atoms with Gasteiger partial charge in [-0.2, -0.15) is 0 Å². The van der Waals surface area contributed by atoms with E-state index in [1.807, 2.05) is 0 Å². The van der Waals surface area contributed by atoms with Crippen molar-refractivity contribution >= 4 is 57.9 Å². The fourth-order valence-corrected chi connectivity index (χ4v) is 3.03. The third-order valence-electron chi connectivity index (χ3n) is 3.01. The maximum atomic E-state index is 12.4. The van der Waals surface area contributed by atoms with Gasteiger partial charge in [0.25, 0.3) is 11.1 Å². The molecule has 1 aliphatic heterocycles. The Labute approximate surface area is 146 Å². The van der Waals surface area contributed by atoms with Gasteiger partial charge in [0.15, 0.2) is 0 Å². The Morgan fingerprint density at radius 2 is 1.96 bits per heavy atom. The zero-order chi connectivity index (χ0) is 16.4. The summed E-state index contributed by atoms with van der Waals surface area (Å²) in [7, 11) is 0. The summed E-state index contributed by atoms with van der Waals surface area (Å²) < 4.78 is 5.15. The van der Waals surface area contributed by atoms with Gasteiger partial charge in [-0.15, -0.1) is 0 Å². The Morgan fingerprint density at radius 1 is 1.13 bits per heavy atom. The number of imide groups is 1. The molecule has 116 valence electrons. The highest BCUT2D eigenvalue weighted by molar-refractivity contribution is 8.18. The van der Waals surface area contributed by atoms with Gasteiger partial charge in [-0.05, 0) is 54.2 Å². The highest BCUT2D eigenvalue weighted by Crippen LogP contribution is 2.36. The summed E-state index contributed by atoms with van der Waals surface area (Å²) in [5.74, 6) is 0.257. The minimum Gasteiger partial charge on any atom is -0.465 e. The summed E-state index contributed by atoms with van der Waals surface area (Å²) in [6.45, 7) is 0. The van der Waals surface area contributed by atoms with E-state index in [2.05, 4.69) is 0 Å². The molecule has 1 saturated heterocycles. The number of carbonyl (C=O) groups excluding carboxylic acids is 2. The summed E-state index contributed by atoms with van der Waals surface area (Å²) in [6.07, 6.45) is 6.49. The fourth-order valence-electron chi connectivity index (χ4n) is 1.95. The first-order chi connectivity index (χ1) is 11.1. The normalized spacial score (nSPS) is 17.0. The van der Waals surface area contributed by atoms with Gasteiger partial charge >= 0.3 is 0 Å². The van der Waals surface area contributed by atoms with Gasteiger partial charge in [0.1, 0.15) is 5.76 Å². The van der Waals surface area contributed by atoms with E-state index in [1.165, 1.54) is 6.07 Å². The molecule has 0 unspecified atom stereocenters. The second kappa shape index (κ2) is 6.66. The summed E-state index contributed by atoms with van der Waals surface area (Å²) in [5, 5.41) is 0.260. The molecule has 1 fully saturated rings. The van der Waals surface area contributed by atoms with E-state index in [0.717, 1.165) is 16.7 Å². The number of hydrogen-bond acceptors (Lipinski definition) is 4. The lowest BCUT2D eigenvalue weighted by Gasteiger charge is -2.12. The third-order valence-corrected chi connectivity index (χ3v) is 4.63. The zero-order valence-corrected chi connectivity index (χ0v) is 13.9. The molecule has 1 aliphatic rings. The molecule has 1 aromatic heterocycles. The van der Waals surface area contributed by atoms with Crippen LogP contribution in [0.25, 0.3) is 6.08 Å². The van der Waals surface area contributed by atoms with Gasteiger partial charge < -0.3 is 4.42 Å². The maximum Gasteiger partial charge on any atom is 0.298 e. The predicted molar refractivity (Wildman–Crippen MR) is 92.8 cm³/mol. The summed E-state index contributed by atoms with van der Waals surface area (Å²) in [4.78, 5) is 25.9. The first kappa shape index (κ1) is 15.9. The van der Waals surface area contributed by atoms with Crippen molar-refractivity contribution in [2.75, 3.05) is 4.90 Å². The maximum absolute atomic E-state index is 12.4. The molecular weight excluding hydrogens is 357 g/mol. The molecule has 1 aromatic carbocycles. The van der Waals surface area contributed by atoms with Crippen molar-refractivity contribution in [1.82, 2.24) is 0 Å². The first-order valence-electron chi connectivity index (χ1n) is 6.49. The Morgan fingerprint density at radius 3 is 2.65 bits per heavy atom. The second-order valence-electron chi connectivity index (χ2n) is 4.51. The number of thioether (sulfide) groups is 1. The average Bonchev–Trinajstić information content (AvgIpc) is 3.12. The molecule has 2 amide bonds. The number of allylic oxidation sites excluding steroid dienone is 2. The number of furan rings is 1. The van der Waals surface area contributed by atoms with Crippen molar-refractivity contribution in [3.8, 4) is 0 Å². The predicted octanol–water partition coefficient (Wildman–Crippen LogP) is 5.38. The molecule has 0 bridgehead atoms. The van der Waals surface area contributed by atoms with Crippen LogP contribution in [0.15, 0.2) is 58.1 Å². The van der Waals surface area contributed by atoms with Crippen LogP contribution in [0.1, 0.15) is 5.76 Å². The Bertz CT molecular complexity index is 828. The summed E-state index contributed by atoms with van der Waals surface area (Å²) >= 11 is 12.7. The fraction of sp³-hybridized carbons (Fsp3) is 0. The van der Waals surface area contributed by atoms with Gasteiger partial charge in [-0.1, -0.05) is 29.3 Å². The van der Waals surface area contributed by atoms with Gasteiger partial charge in [0.2, 0.25) is 0 Å². The highest BCUT2D eigenvalue weighted by atomic mass is 35.5.